The van der Waals surface area contributed by atoms with Gasteiger partial charge in [-0.1, -0.05) is 15.9 Å². The van der Waals surface area contributed by atoms with Crippen LogP contribution in [0.2, 0.25) is 0 Å². The fraction of sp³-hybridized carbons (Fsp3) is 0.333. The minimum absolute atomic E-state index is 0.125. The maximum Gasteiger partial charge on any atom is 0.339 e. The predicted molar refractivity (Wildman–Crippen MR) is 76.7 cm³/mol. The number of hydrazine groups is 1. The minimum Gasteiger partial charge on any atom is -0.465 e. The monoisotopic (exact) mass is 376 g/mol. The van der Waals surface area contributed by atoms with E-state index >= 15 is 0 Å². The zero-order chi connectivity index (χ0) is 15.6. The van der Waals surface area contributed by atoms with Crippen LogP contribution in [0.3, 0.4) is 0 Å². The maximum absolute atomic E-state index is 12.2. The Hall–Kier alpha value is -1.45. The van der Waals surface area contributed by atoms with E-state index in [2.05, 4.69) is 26.1 Å². The Bertz CT molecular complexity index is 685. The number of carbonyl (C=O) groups excluding carboxylic acids is 2. The smallest absolute Gasteiger partial charge is 0.339 e. The highest BCUT2D eigenvalue weighted by molar-refractivity contribution is 9.10. The fourth-order valence-corrected chi connectivity index (χ4v) is 3.01. The molecule has 1 aromatic rings. The SMILES string of the molecule is COC(=O)c1cc(Br)ccc1S(=O)(=O)NNC(=O)C1CC1. The molecule has 0 radical (unpaired) electrons. The van der Waals surface area contributed by atoms with Crippen molar-refractivity contribution >= 4 is 37.8 Å². The van der Waals surface area contributed by atoms with E-state index in [1.807, 2.05) is 4.83 Å². The molecular weight excluding hydrogens is 364 g/mol. The molecule has 2 rings (SSSR count). The minimum atomic E-state index is -4.07. The van der Waals surface area contributed by atoms with Crippen molar-refractivity contribution in [2.45, 2.75) is 17.7 Å². The van der Waals surface area contributed by atoms with E-state index in [4.69, 9.17) is 0 Å². The summed E-state index contributed by atoms with van der Waals surface area (Å²) in [4.78, 5) is 24.9. The second-order valence-corrected chi connectivity index (χ2v) is 7.07. The summed E-state index contributed by atoms with van der Waals surface area (Å²) < 4.78 is 29.5. The van der Waals surface area contributed by atoms with Crippen LogP contribution in [0.5, 0.6) is 0 Å². The van der Waals surface area contributed by atoms with Crippen LogP contribution in [0, 0.1) is 5.92 Å². The van der Waals surface area contributed by atoms with Crippen LogP contribution in [0.25, 0.3) is 0 Å². The Labute approximate surface area is 130 Å². The van der Waals surface area contributed by atoms with Gasteiger partial charge >= 0.3 is 5.97 Å². The Morgan fingerprint density at radius 2 is 2.00 bits per heavy atom. The molecule has 0 saturated heterocycles. The van der Waals surface area contributed by atoms with E-state index in [9.17, 15) is 18.0 Å². The molecule has 1 amide bonds. The zero-order valence-corrected chi connectivity index (χ0v) is 13.5. The number of hydrogen-bond donors (Lipinski definition) is 2. The second-order valence-electron chi connectivity index (χ2n) is 4.50. The fourth-order valence-electron chi connectivity index (χ4n) is 1.63. The molecule has 1 aliphatic carbocycles. The van der Waals surface area contributed by atoms with Gasteiger partial charge in [-0.3, -0.25) is 10.2 Å². The maximum atomic E-state index is 12.2. The van der Waals surface area contributed by atoms with Crippen molar-refractivity contribution in [1.29, 1.82) is 0 Å². The van der Waals surface area contributed by atoms with Gasteiger partial charge in [-0.05, 0) is 31.0 Å². The molecule has 1 aliphatic rings. The molecule has 0 atom stereocenters. The van der Waals surface area contributed by atoms with Crippen molar-refractivity contribution in [3.63, 3.8) is 0 Å². The zero-order valence-electron chi connectivity index (χ0n) is 11.1. The number of esters is 1. The van der Waals surface area contributed by atoms with Gasteiger partial charge in [0, 0.05) is 10.4 Å². The van der Waals surface area contributed by atoms with Crippen LogP contribution < -0.4 is 10.3 Å². The quantitative estimate of drug-likeness (QED) is 0.588. The van der Waals surface area contributed by atoms with Gasteiger partial charge in [-0.2, -0.15) is 0 Å². The summed E-state index contributed by atoms with van der Waals surface area (Å²) in [7, 11) is -2.91. The molecule has 0 heterocycles. The summed E-state index contributed by atoms with van der Waals surface area (Å²) in [5.41, 5.74) is 2.02. The van der Waals surface area contributed by atoms with Crippen molar-refractivity contribution in [3.8, 4) is 0 Å². The van der Waals surface area contributed by atoms with E-state index < -0.39 is 16.0 Å². The van der Waals surface area contributed by atoms with E-state index in [0.717, 1.165) is 20.0 Å². The number of amides is 1. The van der Waals surface area contributed by atoms with Crippen LogP contribution >= 0.6 is 15.9 Å². The van der Waals surface area contributed by atoms with Gasteiger partial charge in [0.05, 0.1) is 17.6 Å². The number of ether oxygens (including phenoxy) is 1. The third-order valence-corrected chi connectivity index (χ3v) is 4.69. The average Bonchev–Trinajstić information content (AvgIpc) is 3.28. The lowest BCUT2D eigenvalue weighted by atomic mass is 10.2. The number of nitrogens with one attached hydrogen (secondary N) is 2. The summed E-state index contributed by atoms with van der Waals surface area (Å²) >= 11 is 3.16. The van der Waals surface area contributed by atoms with E-state index in [1.54, 1.807) is 0 Å². The molecule has 1 saturated carbocycles. The van der Waals surface area contributed by atoms with Crippen LogP contribution in [0.15, 0.2) is 27.6 Å². The Morgan fingerprint density at radius 3 is 2.57 bits per heavy atom. The standard InChI is InChI=1S/C12H13BrN2O5S/c1-20-12(17)9-6-8(13)4-5-10(9)21(18,19)15-14-11(16)7-2-3-7/h4-7,15H,2-3H2,1H3,(H,14,16). The van der Waals surface area contributed by atoms with Crippen molar-refractivity contribution < 1.29 is 22.7 Å². The summed E-state index contributed by atoms with van der Waals surface area (Å²) in [6.45, 7) is 0. The van der Waals surface area contributed by atoms with Gasteiger partial charge in [-0.15, -0.1) is 4.83 Å². The van der Waals surface area contributed by atoms with Crippen molar-refractivity contribution in [2.75, 3.05) is 7.11 Å². The van der Waals surface area contributed by atoms with E-state index in [0.29, 0.717) is 4.47 Å². The lowest BCUT2D eigenvalue weighted by Crippen LogP contribution is -2.42. The molecule has 0 bridgehead atoms. The molecule has 0 unspecified atom stereocenters. The number of rotatable bonds is 5. The summed E-state index contributed by atoms with van der Waals surface area (Å²) in [6, 6.07) is 4.06. The highest BCUT2D eigenvalue weighted by Gasteiger charge is 2.31. The van der Waals surface area contributed by atoms with E-state index in [1.165, 1.54) is 18.2 Å². The largest absolute Gasteiger partial charge is 0.465 e. The average molecular weight is 377 g/mol. The molecular formula is C12H13BrN2O5S. The number of hydrogen-bond acceptors (Lipinski definition) is 5. The highest BCUT2D eigenvalue weighted by Crippen LogP contribution is 2.28. The van der Waals surface area contributed by atoms with Gasteiger partial charge in [-0.25, -0.2) is 13.2 Å². The van der Waals surface area contributed by atoms with Crippen LogP contribution in [-0.2, 0) is 19.6 Å². The van der Waals surface area contributed by atoms with Gasteiger partial charge in [0.15, 0.2) is 0 Å². The molecule has 114 valence electrons. The lowest BCUT2D eigenvalue weighted by molar-refractivity contribution is -0.122. The first kappa shape index (κ1) is 15.9. The topological polar surface area (TPSA) is 102 Å². The van der Waals surface area contributed by atoms with E-state index in [-0.39, 0.29) is 22.3 Å². The molecule has 2 N–H and O–H groups in total. The molecule has 1 aromatic carbocycles. The van der Waals surface area contributed by atoms with Crippen LogP contribution in [0.1, 0.15) is 23.2 Å². The molecule has 9 heteroatoms. The van der Waals surface area contributed by atoms with Gasteiger partial charge in [0.25, 0.3) is 10.0 Å². The summed E-state index contributed by atoms with van der Waals surface area (Å²) in [6.07, 6.45) is 1.50. The molecule has 21 heavy (non-hydrogen) atoms. The number of halogens is 1. The Balaban J connectivity index is 2.26. The molecule has 0 aliphatic heterocycles. The van der Waals surface area contributed by atoms with Gasteiger partial charge in [0.2, 0.25) is 5.91 Å². The number of benzene rings is 1. The molecule has 0 spiro atoms. The number of sulfonamides is 1. The summed E-state index contributed by atoms with van der Waals surface area (Å²) in [5.74, 6) is -1.31. The van der Waals surface area contributed by atoms with Crippen molar-refractivity contribution in [3.05, 3.63) is 28.2 Å². The Morgan fingerprint density at radius 1 is 1.33 bits per heavy atom. The van der Waals surface area contributed by atoms with Crippen LogP contribution in [-0.4, -0.2) is 27.4 Å². The first-order valence-corrected chi connectivity index (χ1v) is 8.32. The molecule has 7 nitrogen and oxygen atoms in total. The van der Waals surface area contributed by atoms with Crippen LogP contribution in [0.4, 0.5) is 0 Å². The molecule has 0 aromatic heterocycles. The normalized spacial score (nSPS) is 14.6. The first-order valence-electron chi connectivity index (χ1n) is 6.04. The molecule has 1 fully saturated rings. The highest BCUT2D eigenvalue weighted by atomic mass is 79.9. The second kappa shape index (κ2) is 6.12. The Kier molecular flexibility index (Phi) is 4.64. The number of carbonyl (C=O) groups is 2. The summed E-state index contributed by atoms with van der Waals surface area (Å²) in [5, 5.41) is 0. The van der Waals surface area contributed by atoms with Crippen molar-refractivity contribution in [2.24, 2.45) is 5.92 Å². The van der Waals surface area contributed by atoms with Gasteiger partial charge in [0.1, 0.15) is 0 Å². The van der Waals surface area contributed by atoms with Crippen molar-refractivity contribution in [1.82, 2.24) is 10.3 Å². The predicted octanol–water partition coefficient (Wildman–Crippen LogP) is 0.955. The van der Waals surface area contributed by atoms with Gasteiger partial charge < -0.3 is 4.74 Å². The third kappa shape index (κ3) is 3.80. The first-order chi connectivity index (χ1) is 9.85. The number of methoxy groups -OCH3 is 1. The third-order valence-electron chi connectivity index (χ3n) is 2.89. The lowest BCUT2D eigenvalue weighted by Gasteiger charge is -2.11.